The summed E-state index contributed by atoms with van der Waals surface area (Å²) in [4.78, 5) is 18.9. The maximum Gasteiger partial charge on any atom is 0.239 e. The Bertz CT molecular complexity index is 875. The van der Waals surface area contributed by atoms with Gasteiger partial charge in [0.05, 0.1) is 24.6 Å². The van der Waals surface area contributed by atoms with Crippen molar-refractivity contribution in [2.45, 2.75) is 6.04 Å². The van der Waals surface area contributed by atoms with Gasteiger partial charge in [-0.15, -0.1) is 0 Å². The maximum atomic E-state index is 12.4. The molecule has 0 N–H and O–H groups in total. The smallest absolute Gasteiger partial charge is 0.239 e. The van der Waals surface area contributed by atoms with Gasteiger partial charge >= 0.3 is 0 Å². The van der Waals surface area contributed by atoms with Crippen LogP contribution in [0.2, 0.25) is 0 Å². The molecular formula is C19H15BrN2O2S. The minimum atomic E-state index is -0.139. The molecule has 0 radical (unpaired) electrons. The minimum absolute atomic E-state index is 0.0988. The molecule has 2 aliphatic heterocycles. The number of halogens is 1. The molecule has 2 aliphatic rings. The molecule has 0 saturated carbocycles. The molecule has 1 atom stereocenters. The van der Waals surface area contributed by atoms with Crippen LogP contribution in [0, 0.1) is 0 Å². The van der Waals surface area contributed by atoms with Gasteiger partial charge in [-0.05, 0) is 48.0 Å². The van der Waals surface area contributed by atoms with Crippen LogP contribution in [0.3, 0.4) is 0 Å². The van der Waals surface area contributed by atoms with Crippen LogP contribution < -0.4 is 4.74 Å². The summed E-state index contributed by atoms with van der Waals surface area (Å²) in [6, 6.07) is 15.8. The first-order valence-electron chi connectivity index (χ1n) is 7.81. The van der Waals surface area contributed by atoms with Crippen LogP contribution in [0.15, 0.2) is 64.1 Å². The Morgan fingerprint density at radius 3 is 2.56 bits per heavy atom. The molecule has 1 amide bonds. The molecule has 2 heterocycles. The molecule has 25 heavy (non-hydrogen) atoms. The predicted octanol–water partition coefficient (Wildman–Crippen LogP) is 4.48. The Balaban J connectivity index is 1.77. The molecule has 1 fully saturated rings. The van der Waals surface area contributed by atoms with Crippen LogP contribution in [0.1, 0.15) is 17.2 Å². The lowest BCUT2D eigenvalue weighted by Gasteiger charge is -2.29. The molecule has 2 aromatic carbocycles. The Morgan fingerprint density at radius 1 is 1.16 bits per heavy atom. The first kappa shape index (κ1) is 16.4. The summed E-state index contributed by atoms with van der Waals surface area (Å²) in [6.07, 6.45) is 2.05. The molecular weight excluding hydrogens is 400 g/mol. The van der Waals surface area contributed by atoms with Crippen LogP contribution in [0.4, 0.5) is 0 Å². The van der Waals surface area contributed by atoms with E-state index < -0.39 is 0 Å². The fraction of sp³-hybridized carbons (Fsp3) is 0.158. The van der Waals surface area contributed by atoms with E-state index in [4.69, 9.17) is 9.73 Å². The summed E-state index contributed by atoms with van der Waals surface area (Å²) in [7, 11) is 1.65. The van der Waals surface area contributed by atoms with E-state index in [-0.39, 0.29) is 11.9 Å². The molecule has 0 aromatic heterocycles. The van der Waals surface area contributed by atoms with Gasteiger partial charge in [-0.25, -0.2) is 4.99 Å². The van der Waals surface area contributed by atoms with Gasteiger partial charge in [0.2, 0.25) is 5.91 Å². The Kier molecular flexibility index (Phi) is 4.39. The summed E-state index contributed by atoms with van der Waals surface area (Å²) in [5.41, 5.74) is 2.96. The number of amidine groups is 1. The number of ether oxygens (including phenoxy) is 1. The standard InChI is InChI=1S/C19H15BrN2O2S/c1-24-15-8-4-12(5-9-15)16-10-17(13-2-6-14(20)7-3-13)22-18(23)11-25-19(22)21-16/h2-10,17H,11H2,1H3. The highest BCUT2D eigenvalue weighted by Crippen LogP contribution is 2.38. The van der Waals surface area contributed by atoms with Crippen LogP contribution in [-0.4, -0.2) is 28.8 Å². The quantitative estimate of drug-likeness (QED) is 0.742. The Hall–Kier alpha value is -2.05. The number of rotatable bonds is 3. The summed E-state index contributed by atoms with van der Waals surface area (Å²) < 4.78 is 6.24. The zero-order valence-electron chi connectivity index (χ0n) is 13.5. The topological polar surface area (TPSA) is 41.9 Å². The number of carbonyl (C=O) groups excluding carboxylic acids is 1. The van der Waals surface area contributed by atoms with Crippen molar-refractivity contribution in [1.82, 2.24) is 4.90 Å². The van der Waals surface area contributed by atoms with E-state index in [1.54, 1.807) is 12.0 Å². The largest absolute Gasteiger partial charge is 0.497 e. The summed E-state index contributed by atoms with van der Waals surface area (Å²) in [5, 5.41) is 0.770. The van der Waals surface area contributed by atoms with E-state index in [2.05, 4.69) is 22.0 Å². The molecule has 6 heteroatoms. The highest BCUT2D eigenvalue weighted by atomic mass is 79.9. The van der Waals surface area contributed by atoms with E-state index in [1.807, 2.05) is 48.5 Å². The molecule has 4 rings (SSSR count). The number of hydrogen-bond acceptors (Lipinski definition) is 4. The number of thioether (sulfide) groups is 1. The highest BCUT2D eigenvalue weighted by molar-refractivity contribution is 9.10. The highest BCUT2D eigenvalue weighted by Gasteiger charge is 2.37. The number of methoxy groups -OCH3 is 1. The molecule has 4 nitrogen and oxygen atoms in total. The van der Waals surface area contributed by atoms with Gasteiger partial charge in [-0.3, -0.25) is 9.69 Å². The van der Waals surface area contributed by atoms with Crippen molar-refractivity contribution in [2.24, 2.45) is 4.99 Å². The number of benzene rings is 2. The normalized spacial score (nSPS) is 19.4. The second-order valence-corrected chi connectivity index (χ2v) is 7.58. The number of carbonyl (C=O) groups is 1. The monoisotopic (exact) mass is 414 g/mol. The number of aliphatic imine (C=N–C) groups is 1. The minimum Gasteiger partial charge on any atom is -0.497 e. The van der Waals surface area contributed by atoms with E-state index in [0.717, 1.165) is 32.2 Å². The molecule has 126 valence electrons. The molecule has 0 aliphatic carbocycles. The van der Waals surface area contributed by atoms with Crippen LogP contribution in [0.25, 0.3) is 5.70 Å². The van der Waals surface area contributed by atoms with Gasteiger partial charge in [0.15, 0.2) is 5.17 Å². The lowest BCUT2D eigenvalue weighted by molar-refractivity contribution is -0.125. The molecule has 1 unspecified atom stereocenters. The van der Waals surface area contributed by atoms with E-state index >= 15 is 0 Å². The van der Waals surface area contributed by atoms with Gasteiger partial charge in [0, 0.05) is 10.0 Å². The summed E-state index contributed by atoms with van der Waals surface area (Å²) in [6.45, 7) is 0. The number of hydrogen-bond donors (Lipinski definition) is 0. The molecule has 0 bridgehead atoms. The fourth-order valence-electron chi connectivity index (χ4n) is 2.92. The summed E-state index contributed by atoms with van der Waals surface area (Å²) >= 11 is 4.96. The molecule has 1 saturated heterocycles. The van der Waals surface area contributed by atoms with Crippen LogP contribution in [0.5, 0.6) is 5.75 Å². The zero-order chi connectivity index (χ0) is 17.4. The van der Waals surface area contributed by atoms with Crippen molar-refractivity contribution in [3.8, 4) is 5.75 Å². The van der Waals surface area contributed by atoms with Crippen molar-refractivity contribution in [2.75, 3.05) is 12.9 Å². The van der Waals surface area contributed by atoms with Gasteiger partial charge in [0.1, 0.15) is 5.75 Å². The second kappa shape index (κ2) is 6.69. The van der Waals surface area contributed by atoms with Gasteiger partial charge in [-0.2, -0.15) is 0 Å². The van der Waals surface area contributed by atoms with Gasteiger partial charge in [0.25, 0.3) is 0 Å². The Labute approximate surface area is 158 Å². The number of fused-ring (bicyclic) bond motifs is 1. The molecule has 2 aromatic rings. The number of nitrogens with zero attached hydrogens (tertiary/aromatic N) is 2. The molecule has 0 spiro atoms. The zero-order valence-corrected chi connectivity index (χ0v) is 15.9. The van der Waals surface area contributed by atoms with Crippen molar-refractivity contribution in [1.29, 1.82) is 0 Å². The van der Waals surface area contributed by atoms with Crippen LogP contribution in [-0.2, 0) is 4.79 Å². The van der Waals surface area contributed by atoms with Crippen molar-refractivity contribution in [3.05, 3.63) is 70.2 Å². The lowest BCUT2D eigenvalue weighted by Crippen LogP contribution is -2.34. The third kappa shape index (κ3) is 3.12. The predicted molar refractivity (Wildman–Crippen MR) is 105 cm³/mol. The average Bonchev–Trinajstić information content (AvgIpc) is 3.03. The lowest BCUT2D eigenvalue weighted by atomic mass is 10.0. The SMILES string of the molecule is COc1ccc(C2=CC(c3ccc(Br)cc3)N3C(=O)CSC3=N2)cc1. The fourth-order valence-corrected chi connectivity index (χ4v) is 4.10. The Morgan fingerprint density at radius 2 is 1.88 bits per heavy atom. The van der Waals surface area contributed by atoms with Crippen molar-refractivity contribution >= 4 is 44.5 Å². The van der Waals surface area contributed by atoms with Crippen molar-refractivity contribution in [3.63, 3.8) is 0 Å². The van der Waals surface area contributed by atoms with Gasteiger partial charge < -0.3 is 4.74 Å². The maximum absolute atomic E-state index is 12.4. The van der Waals surface area contributed by atoms with E-state index in [1.165, 1.54) is 11.8 Å². The van der Waals surface area contributed by atoms with Crippen LogP contribution >= 0.6 is 27.7 Å². The van der Waals surface area contributed by atoms with Crippen molar-refractivity contribution < 1.29 is 9.53 Å². The first-order valence-corrected chi connectivity index (χ1v) is 9.59. The third-order valence-corrected chi connectivity index (χ3v) is 5.67. The third-order valence-electron chi connectivity index (χ3n) is 4.21. The first-order chi connectivity index (χ1) is 12.2. The average molecular weight is 415 g/mol. The second-order valence-electron chi connectivity index (χ2n) is 5.72. The van der Waals surface area contributed by atoms with Gasteiger partial charge in [-0.1, -0.05) is 39.8 Å². The van der Waals surface area contributed by atoms with E-state index in [9.17, 15) is 4.79 Å². The van der Waals surface area contributed by atoms with E-state index in [0.29, 0.717) is 5.75 Å². The summed E-state index contributed by atoms with van der Waals surface area (Å²) in [5.74, 6) is 1.35. The number of amides is 1.